The molecule has 1 aliphatic heterocycles. The van der Waals surface area contributed by atoms with Gasteiger partial charge in [-0.25, -0.2) is 4.98 Å². The predicted molar refractivity (Wildman–Crippen MR) is 63.5 cm³/mol. The SMILES string of the molecule is CC1(C(=O)Nc2ccc(Cl)nc2)CCNC1. The van der Waals surface area contributed by atoms with E-state index >= 15 is 0 Å². The minimum atomic E-state index is -0.320. The van der Waals surface area contributed by atoms with Gasteiger partial charge in [0.2, 0.25) is 5.91 Å². The average molecular weight is 240 g/mol. The molecule has 0 spiro atoms. The molecule has 0 saturated carbocycles. The van der Waals surface area contributed by atoms with E-state index in [1.165, 1.54) is 0 Å². The van der Waals surface area contributed by atoms with Gasteiger partial charge in [-0.15, -0.1) is 0 Å². The molecule has 1 saturated heterocycles. The van der Waals surface area contributed by atoms with Crippen molar-refractivity contribution in [2.75, 3.05) is 18.4 Å². The van der Waals surface area contributed by atoms with Crippen LogP contribution in [-0.4, -0.2) is 24.0 Å². The normalized spacial score (nSPS) is 24.4. The van der Waals surface area contributed by atoms with Crippen molar-refractivity contribution < 1.29 is 4.79 Å². The Morgan fingerprint density at radius 2 is 2.44 bits per heavy atom. The molecule has 0 aliphatic carbocycles. The molecule has 1 atom stereocenters. The second-order valence-electron chi connectivity index (χ2n) is 4.31. The number of amides is 1. The summed E-state index contributed by atoms with van der Waals surface area (Å²) >= 11 is 5.67. The third-order valence-electron chi connectivity index (χ3n) is 2.90. The molecule has 2 rings (SSSR count). The lowest BCUT2D eigenvalue weighted by molar-refractivity contribution is -0.123. The lowest BCUT2D eigenvalue weighted by atomic mass is 9.89. The molecular formula is C11H14ClN3O. The number of aromatic nitrogens is 1. The number of hydrogen-bond donors (Lipinski definition) is 2. The van der Waals surface area contributed by atoms with Gasteiger partial charge >= 0.3 is 0 Å². The van der Waals surface area contributed by atoms with Gasteiger partial charge in [0.25, 0.3) is 0 Å². The molecule has 0 aromatic carbocycles. The number of anilines is 1. The maximum Gasteiger partial charge on any atom is 0.231 e. The van der Waals surface area contributed by atoms with Gasteiger partial charge in [0.1, 0.15) is 5.15 Å². The number of carbonyl (C=O) groups excluding carboxylic acids is 1. The van der Waals surface area contributed by atoms with Crippen LogP contribution in [-0.2, 0) is 4.79 Å². The number of carbonyl (C=O) groups is 1. The lowest BCUT2D eigenvalue weighted by Gasteiger charge is -2.21. The predicted octanol–water partition coefficient (Wildman–Crippen LogP) is 1.67. The number of pyridine rings is 1. The first-order valence-electron chi connectivity index (χ1n) is 5.24. The van der Waals surface area contributed by atoms with Crippen LogP contribution in [0.3, 0.4) is 0 Å². The summed E-state index contributed by atoms with van der Waals surface area (Å²) in [4.78, 5) is 15.9. The van der Waals surface area contributed by atoms with E-state index in [0.29, 0.717) is 10.8 Å². The van der Waals surface area contributed by atoms with Crippen LogP contribution in [0.5, 0.6) is 0 Å². The van der Waals surface area contributed by atoms with Crippen LogP contribution in [0.25, 0.3) is 0 Å². The Morgan fingerprint density at radius 1 is 1.62 bits per heavy atom. The molecule has 1 aliphatic rings. The molecule has 86 valence electrons. The molecule has 2 heterocycles. The second kappa shape index (κ2) is 4.39. The highest BCUT2D eigenvalue weighted by molar-refractivity contribution is 6.29. The molecule has 4 nitrogen and oxygen atoms in total. The summed E-state index contributed by atoms with van der Waals surface area (Å²) in [6.45, 7) is 3.58. The molecular weight excluding hydrogens is 226 g/mol. The van der Waals surface area contributed by atoms with Gasteiger partial charge in [0.05, 0.1) is 17.3 Å². The van der Waals surface area contributed by atoms with Crippen molar-refractivity contribution in [3.8, 4) is 0 Å². The smallest absolute Gasteiger partial charge is 0.231 e. The van der Waals surface area contributed by atoms with E-state index in [1.54, 1.807) is 18.3 Å². The summed E-state index contributed by atoms with van der Waals surface area (Å²) in [5.74, 6) is 0.0293. The quantitative estimate of drug-likeness (QED) is 0.772. The molecule has 0 bridgehead atoms. The Morgan fingerprint density at radius 3 is 3.00 bits per heavy atom. The molecule has 1 amide bonds. The summed E-state index contributed by atoms with van der Waals surface area (Å²) in [6, 6.07) is 3.41. The largest absolute Gasteiger partial charge is 0.324 e. The van der Waals surface area contributed by atoms with Gasteiger partial charge < -0.3 is 10.6 Å². The van der Waals surface area contributed by atoms with E-state index < -0.39 is 0 Å². The minimum Gasteiger partial charge on any atom is -0.324 e. The maximum atomic E-state index is 12.0. The third-order valence-corrected chi connectivity index (χ3v) is 3.13. The monoisotopic (exact) mass is 239 g/mol. The molecule has 2 N–H and O–H groups in total. The van der Waals surface area contributed by atoms with Crippen molar-refractivity contribution in [3.05, 3.63) is 23.5 Å². The second-order valence-corrected chi connectivity index (χ2v) is 4.70. The highest BCUT2D eigenvalue weighted by Gasteiger charge is 2.36. The Bertz CT molecular complexity index is 385. The van der Waals surface area contributed by atoms with Crippen molar-refractivity contribution in [1.29, 1.82) is 0 Å². The van der Waals surface area contributed by atoms with E-state index in [0.717, 1.165) is 19.5 Å². The maximum absolute atomic E-state index is 12.0. The number of halogens is 1. The third kappa shape index (κ3) is 2.33. The topological polar surface area (TPSA) is 54.0 Å². The minimum absolute atomic E-state index is 0.0293. The van der Waals surface area contributed by atoms with Gasteiger partial charge in [-0.05, 0) is 32.0 Å². The van der Waals surface area contributed by atoms with E-state index in [4.69, 9.17) is 11.6 Å². The molecule has 0 radical (unpaired) electrons. The first-order chi connectivity index (χ1) is 7.60. The highest BCUT2D eigenvalue weighted by atomic mass is 35.5. The Labute approximate surface area is 99.4 Å². The number of rotatable bonds is 2. The Kier molecular flexibility index (Phi) is 3.12. The fraction of sp³-hybridized carbons (Fsp3) is 0.455. The molecule has 1 fully saturated rings. The molecule has 1 aromatic heterocycles. The van der Waals surface area contributed by atoms with E-state index in [-0.39, 0.29) is 11.3 Å². The van der Waals surface area contributed by atoms with Crippen molar-refractivity contribution in [3.63, 3.8) is 0 Å². The van der Waals surface area contributed by atoms with Gasteiger partial charge in [-0.1, -0.05) is 11.6 Å². The van der Waals surface area contributed by atoms with Crippen LogP contribution < -0.4 is 10.6 Å². The Hall–Kier alpha value is -1.13. The number of nitrogens with zero attached hydrogens (tertiary/aromatic N) is 1. The van der Waals surface area contributed by atoms with Crippen molar-refractivity contribution in [2.45, 2.75) is 13.3 Å². The zero-order chi connectivity index (χ0) is 11.6. The van der Waals surface area contributed by atoms with Gasteiger partial charge in [-0.2, -0.15) is 0 Å². The summed E-state index contributed by atoms with van der Waals surface area (Å²) in [5.41, 5.74) is 0.363. The standard InChI is InChI=1S/C11H14ClN3O/c1-11(4-5-13-7-11)10(16)15-8-2-3-9(12)14-6-8/h2-3,6,13H,4-5,7H2,1H3,(H,15,16). The van der Waals surface area contributed by atoms with Gasteiger partial charge in [0, 0.05) is 6.54 Å². The zero-order valence-electron chi connectivity index (χ0n) is 9.09. The van der Waals surface area contributed by atoms with Crippen molar-refractivity contribution >= 4 is 23.2 Å². The van der Waals surface area contributed by atoms with Crippen molar-refractivity contribution in [2.24, 2.45) is 5.41 Å². The Balaban J connectivity index is 2.04. The molecule has 5 heteroatoms. The zero-order valence-corrected chi connectivity index (χ0v) is 9.84. The first-order valence-corrected chi connectivity index (χ1v) is 5.62. The van der Waals surface area contributed by atoms with E-state index in [2.05, 4.69) is 15.6 Å². The molecule has 1 unspecified atom stereocenters. The summed E-state index contributed by atoms with van der Waals surface area (Å²) in [6.07, 6.45) is 2.42. The van der Waals surface area contributed by atoms with Gasteiger partial charge in [0.15, 0.2) is 0 Å². The first kappa shape index (κ1) is 11.4. The summed E-state index contributed by atoms with van der Waals surface area (Å²) in [7, 11) is 0. The van der Waals surface area contributed by atoms with Crippen molar-refractivity contribution in [1.82, 2.24) is 10.3 Å². The van der Waals surface area contributed by atoms with E-state index in [9.17, 15) is 4.79 Å². The van der Waals surface area contributed by atoms with E-state index in [1.807, 2.05) is 6.92 Å². The molecule has 1 aromatic rings. The van der Waals surface area contributed by atoms with Gasteiger partial charge in [-0.3, -0.25) is 4.79 Å². The number of nitrogens with one attached hydrogen (secondary N) is 2. The summed E-state index contributed by atoms with van der Waals surface area (Å²) in [5, 5.41) is 6.47. The fourth-order valence-electron chi connectivity index (χ4n) is 1.74. The number of hydrogen-bond acceptors (Lipinski definition) is 3. The van der Waals surface area contributed by atoms with Crippen LogP contribution in [0.2, 0.25) is 5.15 Å². The van der Waals surface area contributed by atoms with Crippen LogP contribution in [0.15, 0.2) is 18.3 Å². The van der Waals surface area contributed by atoms with Crippen LogP contribution in [0.1, 0.15) is 13.3 Å². The average Bonchev–Trinajstić information content (AvgIpc) is 2.70. The van der Waals surface area contributed by atoms with Crippen LogP contribution in [0.4, 0.5) is 5.69 Å². The van der Waals surface area contributed by atoms with Crippen LogP contribution >= 0.6 is 11.6 Å². The fourth-order valence-corrected chi connectivity index (χ4v) is 1.85. The summed E-state index contributed by atoms with van der Waals surface area (Å²) < 4.78 is 0. The highest BCUT2D eigenvalue weighted by Crippen LogP contribution is 2.26. The van der Waals surface area contributed by atoms with Crippen LogP contribution in [0, 0.1) is 5.41 Å². The molecule has 16 heavy (non-hydrogen) atoms. The lowest BCUT2D eigenvalue weighted by Crippen LogP contribution is -2.35.